The summed E-state index contributed by atoms with van der Waals surface area (Å²) in [5.41, 5.74) is 7.13. The number of hydrogen-bond donors (Lipinski definition) is 3. The minimum atomic E-state index is -0.496. The van der Waals surface area contributed by atoms with Crippen molar-refractivity contribution >= 4 is 34.0 Å². The van der Waals surface area contributed by atoms with Gasteiger partial charge in [0, 0.05) is 22.3 Å². The monoisotopic (exact) mass is 333 g/mol. The molecular formula is C20H19N3O2. The molecule has 5 heteroatoms. The number of carbonyl (C=O) groups is 2. The number of carbonyl (C=O) groups excluding carboxylic acids is 2. The van der Waals surface area contributed by atoms with Crippen molar-refractivity contribution in [3.05, 3.63) is 72.3 Å². The maximum absolute atomic E-state index is 12.4. The van der Waals surface area contributed by atoms with Gasteiger partial charge in [0.1, 0.15) is 6.04 Å². The van der Waals surface area contributed by atoms with Crippen molar-refractivity contribution < 1.29 is 9.59 Å². The molecule has 5 nitrogen and oxygen atoms in total. The molecule has 4 N–H and O–H groups in total. The zero-order valence-corrected chi connectivity index (χ0v) is 13.8. The predicted molar refractivity (Wildman–Crippen MR) is 101 cm³/mol. The Morgan fingerprint density at radius 1 is 0.920 bits per heavy atom. The summed E-state index contributed by atoms with van der Waals surface area (Å²) in [4.78, 5) is 23.5. The Labute approximate surface area is 145 Å². The largest absolute Gasteiger partial charge is 0.373 e. The highest BCUT2D eigenvalue weighted by Gasteiger charge is 2.14. The number of primary amides is 1. The van der Waals surface area contributed by atoms with Crippen molar-refractivity contribution in [2.75, 3.05) is 10.6 Å². The molecule has 0 saturated heterocycles. The lowest BCUT2D eigenvalue weighted by atomic mass is 10.1. The lowest BCUT2D eigenvalue weighted by molar-refractivity contribution is -0.116. The maximum atomic E-state index is 12.4. The van der Waals surface area contributed by atoms with E-state index in [0.29, 0.717) is 11.3 Å². The first kappa shape index (κ1) is 16.5. The molecule has 0 bridgehead atoms. The summed E-state index contributed by atoms with van der Waals surface area (Å²) in [6.07, 6.45) is 0. The zero-order chi connectivity index (χ0) is 17.8. The van der Waals surface area contributed by atoms with Gasteiger partial charge in [-0.05, 0) is 42.6 Å². The lowest BCUT2D eigenvalue weighted by Gasteiger charge is -2.17. The molecule has 126 valence electrons. The van der Waals surface area contributed by atoms with Crippen molar-refractivity contribution in [1.82, 2.24) is 0 Å². The van der Waals surface area contributed by atoms with Gasteiger partial charge in [-0.3, -0.25) is 9.59 Å². The van der Waals surface area contributed by atoms with Crippen LogP contribution in [0.2, 0.25) is 0 Å². The Bertz CT molecular complexity index is 914. The highest BCUT2D eigenvalue weighted by Crippen LogP contribution is 2.23. The topological polar surface area (TPSA) is 84.2 Å². The second-order valence-corrected chi connectivity index (χ2v) is 5.82. The van der Waals surface area contributed by atoms with E-state index < -0.39 is 11.9 Å². The lowest BCUT2D eigenvalue weighted by Crippen LogP contribution is -2.31. The third-order valence-electron chi connectivity index (χ3n) is 3.99. The zero-order valence-electron chi connectivity index (χ0n) is 13.8. The number of amides is 2. The second-order valence-electron chi connectivity index (χ2n) is 5.82. The van der Waals surface area contributed by atoms with Gasteiger partial charge in [-0.1, -0.05) is 36.4 Å². The number of nitrogens with one attached hydrogen (secondary N) is 2. The van der Waals surface area contributed by atoms with Crippen molar-refractivity contribution in [3.8, 4) is 0 Å². The fraction of sp³-hybridized carbons (Fsp3) is 0.100. The van der Waals surface area contributed by atoms with Gasteiger partial charge >= 0.3 is 0 Å². The first-order chi connectivity index (χ1) is 12.0. The summed E-state index contributed by atoms with van der Waals surface area (Å²) < 4.78 is 0. The first-order valence-corrected chi connectivity index (χ1v) is 7.99. The van der Waals surface area contributed by atoms with E-state index in [1.807, 2.05) is 42.5 Å². The molecular weight excluding hydrogens is 314 g/mol. The fourth-order valence-electron chi connectivity index (χ4n) is 2.62. The van der Waals surface area contributed by atoms with Gasteiger partial charge in [0.2, 0.25) is 11.8 Å². The molecule has 0 aliphatic rings. The van der Waals surface area contributed by atoms with Crippen LogP contribution in [0.25, 0.3) is 10.8 Å². The molecule has 0 aromatic heterocycles. The SMILES string of the molecule is CC(Nc1cccc2ccccc12)C(=O)Nc1ccc(C(N)=O)cc1. The van der Waals surface area contributed by atoms with E-state index in [1.54, 1.807) is 31.2 Å². The van der Waals surface area contributed by atoms with E-state index in [-0.39, 0.29) is 5.91 Å². The Morgan fingerprint density at radius 2 is 1.60 bits per heavy atom. The molecule has 25 heavy (non-hydrogen) atoms. The molecule has 3 aromatic carbocycles. The van der Waals surface area contributed by atoms with Crippen LogP contribution in [0.3, 0.4) is 0 Å². The average Bonchev–Trinajstić information content (AvgIpc) is 2.62. The number of nitrogens with two attached hydrogens (primary N) is 1. The van der Waals surface area contributed by atoms with Gasteiger partial charge in [0.15, 0.2) is 0 Å². The van der Waals surface area contributed by atoms with Crippen molar-refractivity contribution in [1.29, 1.82) is 0 Å². The highest BCUT2D eigenvalue weighted by molar-refractivity contribution is 6.00. The molecule has 0 heterocycles. The number of rotatable bonds is 5. The van der Waals surface area contributed by atoms with E-state index in [2.05, 4.69) is 10.6 Å². The number of hydrogen-bond acceptors (Lipinski definition) is 3. The number of benzene rings is 3. The van der Waals surface area contributed by atoms with Crippen LogP contribution in [0.1, 0.15) is 17.3 Å². The molecule has 1 unspecified atom stereocenters. The van der Waals surface area contributed by atoms with E-state index >= 15 is 0 Å². The molecule has 0 spiro atoms. The summed E-state index contributed by atoms with van der Waals surface area (Å²) in [6.45, 7) is 1.80. The van der Waals surface area contributed by atoms with Gasteiger partial charge in [0.25, 0.3) is 0 Å². The molecule has 1 atom stereocenters. The molecule has 2 amide bonds. The Hall–Kier alpha value is -3.34. The second kappa shape index (κ2) is 7.05. The summed E-state index contributed by atoms with van der Waals surface area (Å²) in [5, 5.41) is 8.25. The molecule has 0 saturated carbocycles. The van der Waals surface area contributed by atoms with Crippen LogP contribution >= 0.6 is 0 Å². The minimum absolute atomic E-state index is 0.167. The normalized spacial score (nSPS) is 11.7. The molecule has 0 aliphatic heterocycles. The minimum Gasteiger partial charge on any atom is -0.373 e. The standard InChI is InChI=1S/C20H19N3O2/c1-13(20(25)23-16-11-9-15(10-12-16)19(21)24)22-18-8-4-6-14-5-2-3-7-17(14)18/h2-13,22H,1H3,(H2,21,24)(H,23,25). The molecule has 0 radical (unpaired) electrons. The van der Waals surface area contributed by atoms with Gasteiger partial charge in [-0.2, -0.15) is 0 Å². The van der Waals surface area contributed by atoms with Crippen LogP contribution in [0.5, 0.6) is 0 Å². The average molecular weight is 333 g/mol. The Balaban J connectivity index is 1.71. The first-order valence-electron chi connectivity index (χ1n) is 7.99. The van der Waals surface area contributed by atoms with Gasteiger partial charge in [-0.15, -0.1) is 0 Å². The number of anilines is 2. The van der Waals surface area contributed by atoms with Crippen molar-refractivity contribution in [2.45, 2.75) is 13.0 Å². The van der Waals surface area contributed by atoms with Crippen LogP contribution in [-0.2, 0) is 4.79 Å². The van der Waals surface area contributed by atoms with Crippen LogP contribution in [0.15, 0.2) is 66.7 Å². The van der Waals surface area contributed by atoms with Gasteiger partial charge < -0.3 is 16.4 Å². The Kier molecular flexibility index (Phi) is 4.66. The number of fused-ring (bicyclic) bond motifs is 1. The third kappa shape index (κ3) is 3.77. The van der Waals surface area contributed by atoms with Crippen LogP contribution in [0, 0.1) is 0 Å². The molecule has 0 fully saturated rings. The molecule has 0 aliphatic carbocycles. The van der Waals surface area contributed by atoms with E-state index in [4.69, 9.17) is 5.73 Å². The fourth-order valence-corrected chi connectivity index (χ4v) is 2.62. The van der Waals surface area contributed by atoms with E-state index in [1.165, 1.54) is 0 Å². The summed E-state index contributed by atoms with van der Waals surface area (Å²) in [7, 11) is 0. The van der Waals surface area contributed by atoms with Crippen LogP contribution < -0.4 is 16.4 Å². The van der Waals surface area contributed by atoms with Gasteiger partial charge in [0.05, 0.1) is 0 Å². The smallest absolute Gasteiger partial charge is 0.248 e. The van der Waals surface area contributed by atoms with Crippen LogP contribution in [0.4, 0.5) is 11.4 Å². The Morgan fingerprint density at radius 3 is 2.32 bits per heavy atom. The molecule has 3 rings (SSSR count). The summed E-state index contributed by atoms with van der Waals surface area (Å²) in [6, 6.07) is 20.0. The summed E-state index contributed by atoms with van der Waals surface area (Å²) in [5.74, 6) is -0.663. The predicted octanol–water partition coefficient (Wildman–Crippen LogP) is 3.38. The van der Waals surface area contributed by atoms with Crippen molar-refractivity contribution in [3.63, 3.8) is 0 Å². The van der Waals surface area contributed by atoms with Crippen LogP contribution in [-0.4, -0.2) is 17.9 Å². The summed E-state index contributed by atoms with van der Waals surface area (Å²) >= 11 is 0. The van der Waals surface area contributed by atoms with Gasteiger partial charge in [-0.25, -0.2) is 0 Å². The maximum Gasteiger partial charge on any atom is 0.248 e. The quantitative estimate of drug-likeness (QED) is 0.669. The van der Waals surface area contributed by atoms with Crippen molar-refractivity contribution in [2.24, 2.45) is 5.73 Å². The highest BCUT2D eigenvalue weighted by atomic mass is 16.2. The van der Waals surface area contributed by atoms with E-state index in [0.717, 1.165) is 16.5 Å². The third-order valence-corrected chi connectivity index (χ3v) is 3.99. The van der Waals surface area contributed by atoms with E-state index in [9.17, 15) is 9.59 Å². The molecule has 3 aromatic rings.